The maximum absolute atomic E-state index is 8.95. The second-order valence-electron chi connectivity index (χ2n) is 9.19. The van der Waals surface area contributed by atoms with E-state index in [0.29, 0.717) is 17.9 Å². The molecule has 0 spiro atoms. The number of nitrogens with zero attached hydrogens (tertiary/aromatic N) is 2. The fourth-order valence-corrected chi connectivity index (χ4v) is 5.57. The van der Waals surface area contributed by atoms with Crippen LogP contribution in [0.4, 0.5) is 0 Å². The van der Waals surface area contributed by atoms with Gasteiger partial charge in [-0.25, -0.2) is 0 Å². The Morgan fingerprint density at radius 2 is 1.76 bits per heavy atom. The first-order valence-electron chi connectivity index (χ1n) is 12.6. The molecule has 0 radical (unpaired) electrons. The lowest BCUT2D eigenvalue weighted by molar-refractivity contribution is 0.111. The van der Waals surface area contributed by atoms with Crippen molar-refractivity contribution in [2.24, 2.45) is 5.92 Å². The SMILES string of the molecule is CC.COc1ccc2cc(C(=N)C3CCCN(C4CCC(c5ccn[nH]5)CC4)C3)ccc2c1. The number of ether oxygens (including phenoxy) is 1. The van der Waals surface area contributed by atoms with Gasteiger partial charge in [-0.15, -0.1) is 0 Å². The van der Waals surface area contributed by atoms with E-state index in [1.54, 1.807) is 7.11 Å². The van der Waals surface area contributed by atoms with Crippen LogP contribution in [0.15, 0.2) is 48.7 Å². The summed E-state index contributed by atoms with van der Waals surface area (Å²) >= 11 is 0. The number of aromatic nitrogens is 2. The predicted octanol–water partition coefficient (Wildman–Crippen LogP) is 6.40. The van der Waals surface area contributed by atoms with Crippen LogP contribution < -0.4 is 4.74 Å². The molecule has 176 valence electrons. The fourth-order valence-electron chi connectivity index (χ4n) is 5.57. The number of methoxy groups -OCH3 is 1. The highest BCUT2D eigenvalue weighted by Gasteiger charge is 2.32. The van der Waals surface area contributed by atoms with E-state index >= 15 is 0 Å². The van der Waals surface area contributed by atoms with Gasteiger partial charge >= 0.3 is 0 Å². The zero-order chi connectivity index (χ0) is 23.2. The number of aromatic amines is 1. The van der Waals surface area contributed by atoms with Gasteiger partial charge in [0, 0.05) is 42.0 Å². The van der Waals surface area contributed by atoms with Crippen LogP contribution in [-0.4, -0.2) is 47.1 Å². The molecule has 1 aliphatic heterocycles. The molecule has 5 heteroatoms. The highest BCUT2D eigenvalue weighted by atomic mass is 16.5. The van der Waals surface area contributed by atoms with Crippen LogP contribution in [0, 0.1) is 11.3 Å². The number of rotatable bonds is 5. The van der Waals surface area contributed by atoms with Crippen LogP contribution >= 0.6 is 0 Å². The summed E-state index contributed by atoms with van der Waals surface area (Å²) in [6.07, 6.45) is 9.16. The van der Waals surface area contributed by atoms with Crippen molar-refractivity contribution in [3.05, 3.63) is 59.9 Å². The van der Waals surface area contributed by atoms with Gasteiger partial charge in [0.1, 0.15) is 5.75 Å². The van der Waals surface area contributed by atoms with Gasteiger partial charge in [-0.1, -0.05) is 32.0 Å². The molecule has 1 aromatic heterocycles. The third kappa shape index (κ3) is 5.30. The lowest BCUT2D eigenvalue weighted by Gasteiger charge is -2.41. The summed E-state index contributed by atoms with van der Waals surface area (Å²) in [5, 5.41) is 18.6. The summed E-state index contributed by atoms with van der Waals surface area (Å²) in [6.45, 7) is 6.21. The normalized spacial score (nSPS) is 23.5. The average Bonchev–Trinajstić information content (AvgIpc) is 3.44. The van der Waals surface area contributed by atoms with Crippen LogP contribution in [0.25, 0.3) is 10.8 Å². The molecule has 2 aliphatic rings. The maximum atomic E-state index is 8.95. The third-order valence-electron chi connectivity index (χ3n) is 7.39. The minimum Gasteiger partial charge on any atom is -0.497 e. The van der Waals surface area contributed by atoms with Crippen molar-refractivity contribution in [3.8, 4) is 5.75 Å². The first-order valence-corrected chi connectivity index (χ1v) is 12.6. The minimum absolute atomic E-state index is 0.328. The molecule has 33 heavy (non-hydrogen) atoms. The van der Waals surface area contributed by atoms with Gasteiger partial charge in [0.05, 0.1) is 7.11 Å². The summed E-state index contributed by atoms with van der Waals surface area (Å²) in [6, 6.07) is 15.4. The van der Waals surface area contributed by atoms with Crippen LogP contribution in [-0.2, 0) is 0 Å². The lowest BCUT2D eigenvalue weighted by atomic mass is 9.81. The van der Waals surface area contributed by atoms with Gasteiger partial charge in [-0.05, 0) is 85.7 Å². The molecule has 3 aromatic rings. The molecule has 5 rings (SSSR count). The first-order chi connectivity index (χ1) is 16.2. The largest absolute Gasteiger partial charge is 0.497 e. The molecule has 0 amide bonds. The van der Waals surface area contributed by atoms with Crippen molar-refractivity contribution in [1.82, 2.24) is 15.1 Å². The van der Waals surface area contributed by atoms with Crippen molar-refractivity contribution in [3.63, 3.8) is 0 Å². The van der Waals surface area contributed by atoms with Crippen LogP contribution in [0.5, 0.6) is 5.75 Å². The highest BCUT2D eigenvalue weighted by Crippen LogP contribution is 2.35. The molecule has 2 heterocycles. The van der Waals surface area contributed by atoms with E-state index in [1.165, 1.54) is 49.7 Å². The van der Waals surface area contributed by atoms with E-state index in [9.17, 15) is 0 Å². The lowest BCUT2D eigenvalue weighted by Crippen LogP contribution is -2.45. The summed E-state index contributed by atoms with van der Waals surface area (Å²) in [5.41, 5.74) is 3.16. The molecule has 2 N–H and O–H groups in total. The van der Waals surface area contributed by atoms with Gasteiger partial charge in [0.15, 0.2) is 0 Å². The van der Waals surface area contributed by atoms with Crippen LogP contribution in [0.2, 0.25) is 0 Å². The number of hydrogen-bond acceptors (Lipinski definition) is 4. The first kappa shape index (κ1) is 23.5. The number of H-pyrrole nitrogens is 1. The molecular weight excluding hydrogens is 408 g/mol. The number of fused-ring (bicyclic) bond motifs is 1. The maximum Gasteiger partial charge on any atom is 0.119 e. The Hall–Kier alpha value is -2.66. The highest BCUT2D eigenvalue weighted by molar-refractivity contribution is 6.03. The summed E-state index contributed by atoms with van der Waals surface area (Å²) in [4.78, 5) is 2.68. The predicted molar refractivity (Wildman–Crippen MR) is 137 cm³/mol. The Labute approximate surface area is 198 Å². The molecule has 5 nitrogen and oxygen atoms in total. The molecule has 1 saturated carbocycles. The van der Waals surface area contributed by atoms with Gasteiger partial charge in [-0.2, -0.15) is 5.10 Å². The number of piperidine rings is 1. The molecule has 1 unspecified atom stereocenters. The Morgan fingerprint density at radius 1 is 1.00 bits per heavy atom. The number of hydrogen-bond donors (Lipinski definition) is 2. The van der Waals surface area contributed by atoms with E-state index in [1.807, 2.05) is 26.1 Å². The summed E-state index contributed by atoms with van der Waals surface area (Å²) < 4.78 is 5.34. The molecule has 0 bridgehead atoms. The standard InChI is InChI=1S/C26H32N4O.C2H6/c1-31-24-11-8-19-15-21(5-4-20(19)16-24)26(27)22-3-2-14-30(17-22)23-9-6-18(7-10-23)25-12-13-28-29-25;1-2/h4-5,8,11-13,15-16,18,22-23,27H,2-3,6-7,9-10,14,17H2,1H3,(H,28,29);1-2H3. The van der Waals surface area contributed by atoms with Crippen LogP contribution in [0.1, 0.15) is 69.5 Å². The molecule has 1 atom stereocenters. The van der Waals surface area contributed by atoms with Crippen molar-refractivity contribution in [2.75, 3.05) is 20.2 Å². The zero-order valence-corrected chi connectivity index (χ0v) is 20.3. The Balaban J connectivity index is 0.00000126. The van der Waals surface area contributed by atoms with E-state index in [2.05, 4.69) is 51.5 Å². The van der Waals surface area contributed by atoms with E-state index in [-0.39, 0.29) is 0 Å². The van der Waals surface area contributed by atoms with Crippen molar-refractivity contribution in [2.45, 2.75) is 64.3 Å². The summed E-state index contributed by atoms with van der Waals surface area (Å²) in [5.74, 6) is 1.84. The average molecular weight is 447 g/mol. The van der Waals surface area contributed by atoms with E-state index < -0.39 is 0 Å². The number of likely N-dealkylation sites (tertiary alicyclic amines) is 1. The Kier molecular flexibility index (Phi) is 7.81. The minimum atomic E-state index is 0.328. The number of benzene rings is 2. The quantitative estimate of drug-likeness (QED) is 0.445. The fraction of sp³-hybridized carbons (Fsp3) is 0.500. The van der Waals surface area contributed by atoms with E-state index in [4.69, 9.17) is 10.1 Å². The van der Waals surface area contributed by atoms with Crippen molar-refractivity contribution >= 4 is 16.5 Å². The third-order valence-corrected chi connectivity index (χ3v) is 7.39. The molecule has 2 aromatic carbocycles. The van der Waals surface area contributed by atoms with Gasteiger partial charge < -0.3 is 10.1 Å². The number of nitrogens with one attached hydrogen (secondary N) is 2. The molecule has 1 aliphatic carbocycles. The topological polar surface area (TPSA) is 65.0 Å². The smallest absolute Gasteiger partial charge is 0.119 e. The van der Waals surface area contributed by atoms with Crippen molar-refractivity contribution < 1.29 is 4.74 Å². The van der Waals surface area contributed by atoms with Gasteiger partial charge in [0.25, 0.3) is 0 Å². The zero-order valence-electron chi connectivity index (χ0n) is 20.3. The van der Waals surface area contributed by atoms with Crippen LogP contribution in [0.3, 0.4) is 0 Å². The van der Waals surface area contributed by atoms with Gasteiger partial charge in [-0.3, -0.25) is 10.00 Å². The summed E-state index contributed by atoms with van der Waals surface area (Å²) in [7, 11) is 1.70. The van der Waals surface area contributed by atoms with Crippen molar-refractivity contribution in [1.29, 1.82) is 5.41 Å². The molecule has 1 saturated heterocycles. The second kappa shape index (κ2) is 11.0. The second-order valence-corrected chi connectivity index (χ2v) is 9.19. The molecule has 2 fully saturated rings. The Bertz CT molecular complexity index is 1040. The van der Waals surface area contributed by atoms with Gasteiger partial charge in [0.2, 0.25) is 0 Å². The van der Waals surface area contributed by atoms with E-state index in [0.717, 1.165) is 35.4 Å². The monoisotopic (exact) mass is 446 g/mol. The molecular formula is C28H38N4O. The Morgan fingerprint density at radius 3 is 2.48 bits per heavy atom.